The van der Waals surface area contributed by atoms with E-state index in [-0.39, 0.29) is 28.8 Å². The van der Waals surface area contributed by atoms with Crippen LogP contribution in [0, 0.1) is 16.0 Å². The first-order valence-corrected chi connectivity index (χ1v) is 5.96. The average Bonchev–Trinajstić information content (AvgIpc) is 2.32. The highest BCUT2D eigenvalue weighted by Gasteiger charge is 2.29. The molecule has 98 valence electrons. The summed E-state index contributed by atoms with van der Waals surface area (Å²) in [6, 6.07) is 0. The summed E-state index contributed by atoms with van der Waals surface area (Å²) < 4.78 is 0. The number of aromatic nitrogens is 2. The third-order valence-corrected chi connectivity index (χ3v) is 3.26. The van der Waals surface area contributed by atoms with Crippen molar-refractivity contribution in [3.05, 3.63) is 21.6 Å². The summed E-state index contributed by atoms with van der Waals surface area (Å²) >= 11 is 5.68. The Bertz CT molecular complexity index is 470. The maximum absolute atomic E-state index is 10.9. The van der Waals surface area contributed by atoms with Gasteiger partial charge in [0.1, 0.15) is 6.20 Å². The summed E-state index contributed by atoms with van der Waals surface area (Å²) in [6.07, 6.45) is 1.29. The number of hydrogen-bond donors (Lipinski definition) is 1. The van der Waals surface area contributed by atoms with Crippen LogP contribution in [0.5, 0.6) is 0 Å². The van der Waals surface area contributed by atoms with Gasteiger partial charge in [-0.15, -0.1) is 0 Å². The van der Waals surface area contributed by atoms with Gasteiger partial charge in [-0.05, 0) is 23.9 Å². The van der Waals surface area contributed by atoms with Gasteiger partial charge in [-0.2, -0.15) is 4.98 Å². The molecule has 0 radical (unpaired) electrons. The minimum absolute atomic E-state index is 0.0191. The first-order valence-electron chi connectivity index (χ1n) is 5.59. The molecular formula is C10H13ClN4O3. The van der Waals surface area contributed by atoms with Gasteiger partial charge in [0.25, 0.3) is 0 Å². The molecule has 7 nitrogen and oxygen atoms in total. The van der Waals surface area contributed by atoms with E-state index >= 15 is 0 Å². The largest absolute Gasteiger partial charge is 0.393 e. The van der Waals surface area contributed by atoms with Crippen molar-refractivity contribution in [2.75, 3.05) is 18.0 Å². The minimum atomic E-state index is -0.526. The summed E-state index contributed by atoms with van der Waals surface area (Å²) in [4.78, 5) is 19.7. The maximum atomic E-state index is 10.9. The molecule has 2 rings (SSSR count). The number of rotatable bonds is 2. The standard InChI is InChI=1S/C10H13ClN4O3/c1-6-5-14(3-2-8(6)16)9-7(15(17)18)4-12-10(11)13-9/h4,6,8,16H,2-3,5H2,1H3. The van der Waals surface area contributed by atoms with Crippen molar-refractivity contribution in [2.24, 2.45) is 5.92 Å². The van der Waals surface area contributed by atoms with E-state index in [2.05, 4.69) is 9.97 Å². The van der Waals surface area contributed by atoms with E-state index in [1.54, 1.807) is 4.90 Å². The Hall–Kier alpha value is -1.47. The number of halogens is 1. The lowest BCUT2D eigenvalue weighted by molar-refractivity contribution is -0.384. The van der Waals surface area contributed by atoms with Gasteiger partial charge >= 0.3 is 5.69 Å². The van der Waals surface area contributed by atoms with E-state index in [9.17, 15) is 15.2 Å². The van der Waals surface area contributed by atoms with Crippen LogP contribution < -0.4 is 4.90 Å². The Balaban J connectivity index is 2.32. The smallest absolute Gasteiger partial charge is 0.329 e. The van der Waals surface area contributed by atoms with Crippen LogP contribution >= 0.6 is 11.6 Å². The lowest BCUT2D eigenvalue weighted by atomic mass is 9.97. The van der Waals surface area contributed by atoms with Gasteiger partial charge in [0.05, 0.1) is 11.0 Å². The predicted molar refractivity (Wildman–Crippen MR) is 65.7 cm³/mol. The van der Waals surface area contributed by atoms with E-state index in [4.69, 9.17) is 11.6 Å². The normalized spacial score (nSPS) is 24.1. The fourth-order valence-electron chi connectivity index (χ4n) is 2.03. The molecule has 2 heterocycles. The molecule has 0 aromatic carbocycles. The van der Waals surface area contributed by atoms with Gasteiger partial charge in [-0.3, -0.25) is 10.1 Å². The summed E-state index contributed by atoms with van der Waals surface area (Å²) in [5.74, 6) is 0.255. The van der Waals surface area contributed by atoms with Crippen LogP contribution in [0.1, 0.15) is 13.3 Å². The van der Waals surface area contributed by atoms with Gasteiger partial charge in [0, 0.05) is 13.1 Å². The van der Waals surface area contributed by atoms with Crippen molar-refractivity contribution in [2.45, 2.75) is 19.4 Å². The Morgan fingerprint density at radius 3 is 3.00 bits per heavy atom. The minimum Gasteiger partial charge on any atom is -0.393 e. The highest BCUT2D eigenvalue weighted by Crippen LogP contribution is 2.29. The number of aliphatic hydroxyl groups excluding tert-OH is 1. The molecule has 1 aliphatic rings. The van der Waals surface area contributed by atoms with Crippen LogP contribution in [0.2, 0.25) is 5.28 Å². The maximum Gasteiger partial charge on any atom is 0.329 e. The van der Waals surface area contributed by atoms with Crippen LogP contribution in [-0.2, 0) is 0 Å². The van der Waals surface area contributed by atoms with Crippen molar-refractivity contribution in [1.29, 1.82) is 0 Å². The molecule has 8 heteroatoms. The second-order valence-electron chi connectivity index (χ2n) is 4.38. The molecule has 0 spiro atoms. The van der Waals surface area contributed by atoms with Gasteiger partial charge in [0.15, 0.2) is 0 Å². The van der Waals surface area contributed by atoms with Crippen molar-refractivity contribution < 1.29 is 10.0 Å². The van der Waals surface area contributed by atoms with Crippen LogP contribution in [0.15, 0.2) is 6.20 Å². The van der Waals surface area contributed by atoms with Gasteiger partial charge in [-0.25, -0.2) is 4.98 Å². The zero-order valence-corrected chi connectivity index (χ0v) is 10.5. The van der Waals surface area contributed by atoms with Crippen LogP contribution in [0.25, 0.3) is 0 Å². The van der Waals surface area contributed by atoms with E-state index in [0.717, 1.165) is 6.20 Å². The van der Waals surface area contributed by atoms with Gasteiger partial charge in [0.2, 0.25) is 11.1 Å². The number of anilines is 1. The molecule has 1 saturated heterocycles. The van der Waals surface area contributed by atoms with E-state index in [1.165, 1.54) is 0 Å². The second kappa shape index (κ2) is 5.03. The fourth-order valence-corrected chi connectivity index (χ4v) is 2.16. The highest BCUT2D eigenvalue weighted by molar-refractivity contribution is 6.28. The van der Waals surface area contributed by atoms with E-state index < -0.39 is 4.92 Å². The molecule has 1 aliphatic heterocycles. The zero-order valence-electron chi connectivity index (χ0n) is 9.78. The number of hydrogen-bond acceptors (Lipinski definition) is 6. The molecule has 2 atom stereocenters. The molecular weight excluding hydrogens is 260 g/mol. The van der Waals surface area contributed by atoms with Crippen LogP contribution in [-0.4, -0.2) is 39.2 Å². The number of nitrogens with zero attached hydrogens (tertiary/aromatic N) is 4. The van der Waals surface area contributed by atoms with Crippen molar-refractivity contribution in [3.63, 3.8) is 0 Å². The SMILES string of the molecule is CC1CN(c2nc(Cl)ncc2[N+](=O)[O-])CCC1O. The molecule has 0 saturated carbocycles. The van der Waals surface area contributed by atoms with Crippen LogP contribution in [0.4, 0.5) is 11.5 Å². The van der Waals surface area contributed by atoms with Crippen molar-refractivity contribution in [1.82, 2.24) is 9.97 Å². The molecule has 0 aliphatic carbocycles. The lowest BCUT2D eigenvalue weighted by Crippen LogP contribution is -2.42. The lowest BCUT2D eigenvalue weighted by Gasteiger charge is -2.34. The highest BCUT2D eigenvalue weighted by atomic mass is 35.5. The Morgan fingerprint density at radius 1 is 1.67 bits per heavy atom. The Kier molecular flexibility index (Phi) is 3.63. The van der Waals surface area contributed by atoms with Crippen molar-refractivity contribution in [3.8, 4) is 0 Å². The summed E-state index contributed by atoms with van der Waals surface area (Å²) in [5.41, 5.74) is -0.164. The van der Waals surface area contributed by atoms with Crippen LogP contribution in [0.3, 0.4) is 0 Å². The summed E-state index contributed by atoms with van der Waals surface area (Å²) in [5, 5.41) is 20.6. The topological polar surface area (TPSA) is 92.4 Å². The molecule has 18 heavy (non-hydrogen) atoms. The monoisotopic (exact) mass is 272 g/mol. The first kappa shape index (κ1) is 13.0. The molecule has 1 fully saturated rings. The average molecular weight is 273 g/mol. The van der Waals surface area contributed by atoms with Gasteiger partial charge in [-0.1, -0.05) is 6.92 Å². The third-order valence-electron chi connectivity index (χ3n) is 3.08. The third kappa shape index (κ3) is 2.51. The molecule has 0 bridgehead atoms. The van der Waals surface area contributed by atoms with Crippen molar-refractivity contribution >= 4 is 23.1 Å². The van der Waals surface area contributed by atoms with Gasteiger partial charge < -0.3 is 10.0 Å². The Labute approximate surface area is 109 Å². The van der Waals surface area contributed by atoms with E-state index in [0.29, 0.717) is 19.5 Å². The number of piperidine rings is 1. The molecule has 2 unspecified atom stereocenters. The summed E-state index contributed by atoms with van der Waals surface area (Å²) in [6.45, 7) is 2.92. The van der Waals surface area contributed by atoms with E-state index in [1.807, 2.05) is 6.92 Å². The Morgan fingerprint density at radius 2 is 2.39 bits per heavy atom. The molecule has 1 N–H and O–H groups in total. The fraction of sp³-hybridized carbons (Fsp3) is 0.600. The molecule has 0 amide bonds. The summed E-state index contributed by atoms with van der Waals surface area (Å²) in [7, 11) is 0. The quantitative estimate of drug-likeness (QED) is 0.495. The number of aliphatic hydroxyl groups is 1. The molecule has 1 aromatic rings. The zero-order chi connectivity index (χ0) is 13.3. The first-order chi connectivity index (χ1) is 8.49. The predicted octanol–water partition coefficient (Wildman–Crippen LogP) is 1.25. The molecule has 1 aromatic heterocycles. The second-order valence-corrected chi connectivity index (χ2v) is 4.72. The number of nitro groups is 1.